The molecular formula is C13H21NS. The molecule has 2 unspecified atom stereocenters. The first-order valence-corrected chi connectivity index (χ1v) is 7.39. The molecule has 0 aromatic heterocycles. The molecule has 0 radical (unpaired) electrons. The zero-order chi connectivity index (χ0) is 10.5. The van der Waals surface area contributed by atoms with Gasteiger partial charge in [0.2, 0.25) is 0 Å². The molecule has 0 spiro atoms. The van der Waals surface area contributed by atoms with E-state index in [0.717, 1.165) is 11.7 Å². The number of thioether (sulfide) groups is 1. The van der Waals surface area contributed by atoms with Crippen LogP contribution in [0.25, 0.3) is 0 Å². The fourth-order valence-corrected chi connectivity index (χ4v) is 4.65. The van der Waals surface area contributed by atoms with Gasteiger partial charge in [-0.05, 0) is 25.7 Å². The molecule has 2 heteroatoms. The summed E-state index contributed by atoms with van der Waals surface area (Å²) < 4.78 is 0. The molecule has 0 aliphatic heterocycles. The van der Waals surface area contributed by atoms with Crippen molar-refractivity contribution >= 4 is 11.8 Å². The quantitative estimate of drug-likeness (QED) is 0.657. The molecule has 15 heavy (non-hydrogen) atoms. The summed E-state index contributed by atoms with van der Waals surface area (Å²) in [5.74, 6) is 0.345. The molecule has 0 heterocycles. The molecule has 84 valence electrons. The minimum Gasteiger partial charge on any atom is -0.198 e. The molecule has 0 aromatic carbocycles. The van der Waals surface area contributed by atoms with Crippen LogP contribution in [0.5, 0.6) is 0 Å². The van der Waals surface area contributed by atoms with Gasteiger partial charge in [0.15, 0.2) is 0 Å². The first-order chi connectivity index (χ1) is 7.40. The topological polar surface area (TPSA) is 23.8 Å². The maximum atomic E-state index is 9.20. The van der Waals surface area contributed by atoms with E-state index in [9.17, 15) is 5.26 Å². The zero-order valence-electron chi connectivity index (χ0n) is 9.45. The second kappa shape index (κ2) is 5.80. The van der Waals surface area contributed by atoms with Gasteiger partial charge in [-0.25, -0.2) is 0 Å². The summed E-state index contributed by atoms with van der Waals surface area (Å²) in [4.78, 5) is 0. The van der Waals surface area contributed by atoms with Gasteiger partial charge in [-0.2, -0.15) is 17.0 Å². The molecule has 2 rings (SSSR count). The van der Waals surface area contributed by atoms with E-state index in [4.69, 9.17) is 0 Å². The highest BCUT2D eigenvalue weighted by Crippen LogP contribution is 2.39. The summed E-state index contributed by atoms with van der Waals surface area (Å²) >= 11 is 2.15. The minimum absolute atomic E-state index is 0.345. The Kier molecular flexibility index (Phi) is 4.38. The molecule has 0 bridgehead atoms. The Hall–Kier alpha value is -0.160. The van der Waals surface area contributed by atoms with Crippen molar-refractivity contribution in [2.24, 2.45) is 5.92 Å². The lowest BCUT2D eigenvalue weighted by Gasteiger charge is -2.22. The van der Waals surface area contributed by atoms with E-state index in [2.05, 4.69) is 17.8 Å². The third-order valence-electron chi connectivity index (χ3n) is 3.79. The minimum atomic E-state index is 0.345. The molecule has 0 N–H and O–H groups in total. The highest BCUT2D eigenvalue weighted by molar-refractivity contribution is 8.00. The van der Waals surface area contributed by atoms with Crippen LogP contribution in [0.15, 0.2) is 0 Å². The highest BCUT2D eigenvalue weighted by atomic mass is 32.2. The van der Waals surface area contributed by atoms with Crippen molar-refractivity contribution in [1.82, 2.24) is 0 Å². The third kappa shape index (κ3) is 3.14. The van der Waals surface area contributed by atoms with E-state index in [1.807, 2.05) is 0 Å². The Morgan fingerprint density at radius 1 is 0.867 bits per heavy atom. The van der Waals surface area contributed by atoms with Gasteiger partial charge < -0.3 is 0 Å². The summed E-state index contributed by atoms with van der Waals surface area (Å²) in [7, 11) is 0. The molecule has 0 aromatic rings. The second-order valence-electron chi connectivity index (χ2n) is 4.95. The van der Waals surface area contributed by atoms with Gasteiger partial charge in [0.1, 0.15) is 0 Å². The van der Waals surface area contributed by atoms with E-state index < -0.39 is 0 Å². The Morgan fingerprint density at radius 2 is 1.53 bits per heavy atom. The van der Waals surface area contributed by atoms with Gasteiger partial charge in [-0.15, -0.1) is 0 Å². The molecule has 2 aliphatic rings. The second-order valence-corrected chi connectivity index (χ2v) is 6.50. The average Bonchev–Trinajstić information content (AvgIpc) is 2.64. The van der Waals surface area contributed by atoms with E-state index in [1.54, 1.807) is 0 Å². The first kappa shape index (κ1) is 11.3. The predicted molar refractivity (Wildman–Crippen MR) is 65.8 cm³/mol. The SMILES string of the molecule is N#CC1CCCCCC1SC1CCCC1. The maximum absolute atomic E-state index is 9.20. The molecule has 1 nitrogen and oxygen atoms in total. The van der Waals surface area contributed by atoms with Crippen LogP contribution in [0.1, 0.15) is 57.8 Å². The van der Waals surface area contributed by atoms with Crippen molar-refractivity contribution in [1.29, 1.82) is 5.26 Å². The van der Waals surface area contributed by atoms with Crippen molar-refractivity contribution in [3.63, 3.8) is 0 Å². The van der Waals surface area contributed by atoms with Crippen LogP contribution in [0, 0.1) is 17.2 Å². The normalized spacial score (nSPS) is 33.5. The predicted octanol–water partition coefficient (Wildman–Crippen LogP) is 4.13. The van der Waals surface area contributed by atoms with E-state index >= 15 is 0 Å². The van der Waals surface area contributed by atoms with Crippen molar-refractivity contribution < 1.29 is 0 Å². The fraction of sp³-hybridized carbons (Fsp3) is 0.923. The smallest absolute Gasteiger partial charge is 0.0667 e. The van der Waals surface area contributed by atoms with Crippen LogP contribution in [0.4, 0.5) is 0 Å². The van der Waals surface area contributed by atoms with Gasteiger partial charge >= 0.3 is 0 Å². The van der Waals surface area contributed by atoms with E-state index in [-0.39, 0.29) is 0 Å². The number of nitriles is 1. The molecule has 0 amide bonds. The lowest BCUT2D eigenvalue weighted by Crippen LogP contribution is -2.17. The largest absolute Gasteiger partial charge is 0.198 e. The summed E-state index contributed by atoms with van der Waals surface area (Å²) in [6, 6.07) is 2.55. The number of rotatable bonds is 2. The third-order valence-corrected chi connectivity index (χ3v) is 5.56. The lowest BCUT2D eigenvalue weighted by atomic mass is 10.0. The van der Waals surface area contributed by atoms with Crippen LogP contribution >= 0.6 is 11.8 Å². The lowest BCUT2D eigenvalue weighted by molar-refractivity contribution is 0.583. The monoisotopic (exact) mass is 223 g/mol. The number of hydrogen-bond donors (Lipinski definition) is 0. The van der Waals surface area contributed by atoms with Crippen LogP contribution < -0.4 is 0 Å². The van der Waals surface area contributed by atoms with Gasteiger partial charge in [0.05, 0.1) is 12.0 Å². The molecule has 2 aliphatic carbocycles. The number of nitrogens with zero attached hydrogens (tertiary/aromatic N) is 1. The van der Waals surface area contributed by atoms with E-state index in [0.29, 0.717) is 11.2 Å². The average molecular weight is 223 g/mol. The summed E-state index contributed by atoms with van der Waals surface area (Å²) in [5.41, 5.74) is 0. The fourth-order valence-electron chi connectivity index (χ4n) is 2.86. The van der Waals surface area contributed by atoms with Crippen LogP contribution in [-0.2, 0) is 0 Å². The Balaban J connectivity index is 1.88. The Labute approximate surface area is 97.6 Å². The van der Waals surface area contributed by atoms with Gasteiger partial charge in [-0.1, -0.05) is 32.1 Å². The van der Waals surface area contributed by atoms with Gasteiger partial charge in [-0.3, -0.25) is 0 Å². The van der Waals surface area contributed by atoms with Gasteiger partial charge in [0.25, 0.3) is 0 Å². The molecule has 0 saturated heterocycles. The first-order valence-electron chi connectivity index (χ1n) is 6.45. The summed E-state index contributed by atoms with van der Waals surface area (Å²) in [6.07, 6.45) is 12.1. The molecule has 2 atom stereocenters. The standard InChI is InChI=1S/C13H21NS/c14-10-11-6-2-1-3-9-13(11)15-12-7-4-5-8-12/h11-13H,1-9H2. The van der Waals surface area contributed by atoms with Crippen molar-refractivity contribution in [2.45, 2.75) is 68.3 Å². The number of hydrogen-bond acceptors (Lipinski definition) is 2. The zero-order valence-corrected chi connectivity index (χ0v) is 10.3. The van der Waals surface area contributed by atoms with Crippen molar-refractivity contribution in [2.75, 3.05) is 0 Å². The summed E-state index contributed by atoms with van der Waals surface area (Å²) in [5, 5.41) is 10.7. The van der Waals surface area contributed by atoms with Crippen LogP contribution in [0.2, 0.25) is 0 Å². The van der Waals surface area contributed by atoms with Crippen LogP contribution in [0.3, 0.4) is 0 Å². The van der Waals surface area contributed by atoms with Crippen LogP contribution in [-0.4, -0.2) is 10.5 Å². The van der Waals surface area contributed by atoms with E-state index in [1.165, 1.54) is 51.4 Å². The molecule has 2 saturated carbocycles. The Bertz CT molecular complexity index is 227. The summed E-state index contributed by atoms with van der Waals surface area (Å²) in [6.45, 7) is 0. The molecule has 2 fully saturated rings. The Morgan fingerprint density at radius 3 is 2.27 bits per heavy atom. The van der Waals surface area contributed by atoms with Gasteiger partial charge in [0, 0.05) is 10.5 Å². The highest BCUT2D eigenvalue weighted by Gasteiger charge is 2.28. The molecular weight excluding hydrogens is 202 g/mol. The van der Waals surface area contributed by atoms with Crippen molar-refractivity contribution in [3.8, 4) is 6.07 Å². The maximum Gasteiger partial charge on any atom is 0.0667 e. The van der Waals surface area contributed by atoms with Crippen molar-refractivity contribution in [3.05, 3.63) is 0 Å².